The van der Waals surface area contributed by atoms with Crippen LogP contribution in [-0.2, 0) is 11.2 Å². The van der Waals surface area contributed by atoms with E-state index in [4.69, 9.17) is 10.00 Å². The molecule has 0 bridgehead atoms. The van der Waals surface area contributed by atoms with Crippen molar-refractivity contribution in [3.63, 3.8) is 0 Å². The van der Waals surface area contributed by atoms with Crippen LogP contribution in [0.3, 0.4) is 0 Å². The Morgan fingerprint density at radius 2 is 1.95 bits per heavy atom. The Balaban J connectivity index is 0.000000490. The second-order valence-corrected chi connectivity index (χ2v) is 11.5. The average molecular weight is 588 g/mol. The average Bonchev–Trinajstić information content (AvgIpc) is 2.95. The second-order valence-electron chi connectivity index (χ2n) is 11.5. The Morgan fingerprint density at radius 3 is 2.51 bits per heavy atom. The number of hydrogen-bond donors (Lipinski definition) is 0. The number of allylic oxidation sites excluding steroid dienone is 4. The van der Waals surface area contributed by atoms with Gasteiger partial charge in [0.25, 0.3) is 0 Å². The van der Waals surface area contributed by atoms with Crippen molar-refractivity contribution in [2.75, 3.05) is 19.6 Å². The largest absolute Gasteiger partial charge is 0.444 e. The van der Waals surface area contributed by atoms with Gasteiger partial charge in [-0.15, -0.1) is 0 Å². The standard InChI is InChI=1S/C26H36FN3O2.C9H10N2/c1-9-21(22-13-11-12-14-23(22)27)24(19(4)28-10-2)20(5)29-15-16-30(18(3)17-29)25(31)32-26(6,7)8;1-2-3-8-4-9(5-10)7-11-6-8/h9-14,18H,2,15-17H2,1,3-8H3;4,6-7H,2-3H2,1H3/b21-9-,24-20-,28-19?;. The number of halogens is 1. The van der Waals surface area contributed by atoms with Gasteiger partial charge >= 0.3 is 6.09 Å². The first-order valence-electron chi connectivity index (χ1n) is 14.7. The molecule has 1 aliphatic rings. The van der Waals surface area contributed by atoms with E-state index >= 15 is 0 Å². The van der Waals surface area contributed by atoms with Crippen molar-refractivity contribution in [2.24, 2.45) is 4.99 Å². The fourth-order valence-corrected chi connectivity index (χ4v) is 4.95. The van der Waals surface area contributed by atoms with Gasteiger partial charge in [0.15, 0.2) is 0 Å². The van der Waals surface area contributed by atoms with Gasteiger partial charge in [-0.3, -0.25) is 9.98 Å². The molecule has 1 aromatic carbocycles. The molecule has 1 amide bonds. The topological polar surface area (TPSA) is 81.8 Å². The number of pyridine rings is 1. The Bertz CT molecular complexity index is 1400. The fraction of sp³-hybridized carbons (Fsp3) is 0.429. The summed E-state index contributed by atoms with van der Waals surface area (Å²) in [7, 11) is 0. The highest BCUT2D eigenvalue weighted by molar-refractivity contribution is 6.12. The number of piperazine rings is 1. The third-order valence-corrected chi connectivity index (χ3v) is 6.92. The maximum Gasteiger partial charge on any atom is 0.410 e. The first-order valence-corrected chi connectivity index (χ1v) is 14.7. The Hall–Kier alpha value is -4.25. The number of rotatable bonds is 7. The van der Waals surface area contributed by atoms with E-state index < -0.39 is 5.60 Å². The number of aliphatic imine (C=N–C) groups is 1. The zero-order chi connectivity index (χ0) is 32.2. The summed E-state index contributed by atoms with van der Waals surface area (Å²) in [5.74, 6) is -0.277. The Morgan fingerprint density at radius 1 is 1.26 bits per heavy atom. The van der Waals surface area contributed by atoms with Crippen molar-refractivity contribution in [1.82, 2.24) is 14.8 Å². The van der Waals surface area contributed by atoms with E-state index in [9.17, 15) is 9.18 Å². The highest BCUT2D eigenvalue weighted by Crippen LogP contribution is 2.31. The van der Waals surface area contributed by atoms with Gasteiger partial charge < -0.3 is 14.5 Å². The van der Waals surface area contributed by atoms with Gasteiger partial charge in [-0.05, 0) is 78.2 Å². The number of benzene rings is 1. The van der Waals surface area contributed by atoms with E-state index in [1.807, 2.05) is 72.9 Å². The first kappa shape index (κ1) is 34.9. The Labute approximate surface area is 257 Å². The summed E-state index contributed by atoms with van der Waals surface area (Å²) < 4.78 is 20.2. The zero-order valence-corrected chi connectivity index (χ0v) is 26.9. The Kier molecular flexibility index (Phi) is 13.3. The van der Waals surface area contributed by atoms with Gasteiger partial charge in [0.2, 0.25) is 0 Å². The number of ether oxygens (including phenoxy) is 1. The van der Waals surface area contributed by atoms with Gasteiger partial charge in [0.1, 0.15) is 17.5 Å². The minimum Gasteiger partial charge on any atom is -0.444 e. The molecule has 1 aliphatic heterocycles. The highest BCUT2D eigenvalue weighted by atomic mass is 19.1. The monoisotopic (exact) mass is 587 g/mol. The summed E-state index contributed by atoms with van der Waals surface area (Å²) >= 11 is 0. The maximum absolute atomic E-state index is 14.7. The van der Waals surface area contributed by atoms with Gasteiger partial charge in [-0.25, -0.2) is 9.18 Å². The maximum atomic E-state index is 14.7. The lowest BCUT2D eigenvalue weighted by Crippen LogP contribution is -2.54. The number of carbonyl (C=O) groups excluding carboxylic acids is 1. The third kappa shape index (κ3) is 10.2. The molecule has 2 heterocycles. The molecule has 1 aromatic heterocycles. The number of nitrogens with zero attached hydrogens (tertiary/aromatic N) is 5. The summed E-state index contributed by atoms with van der Waals surface area (Å²) in [5.41, 5.74) is 5.19. The van der Waals surface area contributed by atoms with Crippen LogP contribution in [-0.4, -0.2) is 57.9 Å². The quantitative estimate of drug-likeness (QED) is 0.243. The number of amides is 1. The minimum absolute atomic E-state index is 0.0334. The third-order valence-electron chi connectivity index (χ3n) is 6.92. The van der Waals surface area contributed by atoms with Gasteiger partial charge in [0, 0.05) is 66.8 Å². The molecule has 1 saturated heterocycles. The van der Waals surface area contributed by atoms with E-state index in [0.29, 0.717) is 30.8 Å². The molecule has 1 unspecified atom stereocenters. The predicted molar refractivity (Wildman–Crippen MR) is 173 cm³/mol. The molecule has 0 saturated carbocycles. The molecule has 0 aliphatic carbocycles. The van der Waals surface area contributed by atoms with Crippen LogP contribution in [0.5, 0.6) is 0 Å². The van der Waals surface area contributed by atoms with Crippen molar-refractivity contribution < 1.29 is 13.9 Å². The highest BCUT2D eigenvalue weighted by Gasteiger charge is 2.32. The van der Waals surface area contributed by atoms with Crippen LogP contribution in [0.1, 0.15) is 78.5 Å². The lowest BCUT2D eigenvalue weighted by molar-refractivity contribution is 0.00495. The summed E-state index contributed by atoms with van der Waals surface area (Å²) in [6.45, 7) is 21.1. The summed E-state index contributed by atoms with van der Waals surface area (Å²) in [6.07, 6.45) is 8.61. The van der Waals surface area contributed by atoms with E-state index in [0.717, 1.165) is 41.0 Å². The number of carbonyl (C=O) groups is 1. The molecule has 2 aromatic rings. The molecule has 1 atom stereocenters. The lowest BCUT2D eigenvalue weighted by Gasteiger charge is -2.42. The van der Waals surface area contributed by atoms with Crippen molar-refractivity contribution in [2.45, 2.75) is 79.9 Å². The van der Waals surface area contributed by atoms with Crippen molar-refractivity contribution in [3.8, 4) is 6.07 Å². The molecule has 0 radical (unpaired) electrons. The summed E-state index contributed by atoms with van der Waals surface area (Å²) in [6, 6.07) is 10.7. The number of aromatic nitrogens is 1. The molecule has 1 fully saturated rings. The van der Waals surface area contributed by atoms with Crippen LogP contribution in [0.15, 0.2) is 77.8 Å². The molecular weight excluding hydrogens is 541 g/mol. The molecule has 0 spiro atoms. The van der Waals surface area contributed by atoms with E-state index in [1.54, 1.807) is 23.2 Å². The normalized spacial score (nSPS) is 16.4. The van der Waals surface area contributed by atoms with Crippen LogP contribution < -0.4 is 0 Å². The smallest absolute Gasteiger partial charge is 0.410 e. The zero-order valence-electron chi connectivity index (χ0n) is 26.9. The van der Waals surface area contributed by atoms with Crippen molar-refractivity contribution in [1.29, 1.82) is 5.26 Å². The minimum atomic E-state index is -0.532. The van der Waals surface area contributed by atoms with Crippen molar-refractivity contribution >= 4 is 17.4 Å². The molecule has 43 heavy (non-hydrogen) atoms. The van der Waals surface area contributed by atoms with Gasteiger partial charge in [-0.2, -0.15) is 5.26 Å². The van der Waals surface area contributed by atoms with Crippen molar-refractivity contribution in [3.05, 3.63) is 95.4 Å². The van der Waals surface area contributed by atoms with Crippen LogP contribution in [0.25, 0.3) is 5.57 Å². The molecule has 8 heteroatoms. The summed E-state index contributed by atoms with van der Waals surface area (Å²) in [4.78, 5) is 25.0. The van der Waals surface area contributed by atoms with Gasteiger partial charge in [-0.1, -0.05) is 44.2 Å². The number of aryl methyl sites for hydroxylation is 1. The lowest BCUT2D eigenvalue weighted by atomic mass is 9.92. The number of nitriles is 1. The molecule has 7 nitrogen and oxygen atoms in total. The van der Waals surface area contributed by atoms with Crippen LogP contribution in [0, 0.1) is 17.1 Å². The fourth-order valence-electron chi connectivity index (χ4n) is 4.95. The summed E-state index contributed by atoms with van der Waals surface area (Å²) in [5, 5.41) is 8.54. The molecule has 3 rings (SSSR count). The van der Waals surface area contributed by atoms with Crippen LogP contribution >= 0.6 is 0 Å². The predicted octanol–water partition coefficient (Wildman–Crippen LogP) is 7.95. The molecule has 230 valence electrons. The number of hydrogen-bond acceptors (Lipinski definition) is 6. The molecule has 0 N–H and O–H groups in total. The van der Waals surface area contributed by atoms with E-state index in [-0.39, 0.29) is 18.0 Å². The van der Waals surface area contributed by atoms with E-state index in [1.165, 1.54) is 12.3 Å². The molecular formula is C35H46FN5O2. The first-order chi connectivity index (χ1) is 20.4. The van der Waals surface area contributed by atoms with Crippen LogP contribution in [0.4, 0.5) is 9.18 Å². The SMILES string of the molecule is C=CN=C(C)C(/C(=C\C)c1ccccc1F)=C(\C)N1CCN(C(=O)OC(C)(C)C)C(C)C1.CCCc1cncc(C#N)c1. The van der Waals surface area contributed by atoms with E-state index in [2.05, 4.69) is 34.4 Å². The second kappa shape index (κ2) is 16.4. The van der Waals surface area contributed by atoms with Crippen LogP contribution in [0.2, 0.25) is 0 Å². The van der Waals surface area contributed by atoms with Gasteiger partial charge in [0.05, 0.1) is 5.56 Å².